The summed E-state index contributed by atoms with van der Waals surface area (Å²) in [7, 11) is 1.81. The normalized spacial score (nSPS) is 12.0. The smallest absolute Gasteiger partial charge is 0.348 e. The molecule has 20 heavy (non-hydrogen) atoms. The number of alkyl halides is 3. The van der Waals surface area contributed by atoms with Crippen molar-refractivity contribution in [3.8, 4) is 0 Å². The zero-order chi connectivity index (χ0) is 15.3. The van der Waals surface area contributed by atoms with Crippen molar-refractivity contribution in [2.45, 2.75) is 39.4 Å². The first-order valence-electron chi connectivity index (χ1n) is 6.74. The Labute approximate surface area is 118 Å². The van der Waals surface area contributed by atoms with Crippen LogP contribution in [0.1, 0.15) is 37.9 Å². The van der Waals surface area contributed by atoms with E-state index in [-0.39, 0.29) is 12.5 Å². The second-order valence-electron chi connectivity index (χ2n) is 5.07. The van der Waals surface area contributed by atoms with Crippen LogP contribution in [0.15, 0.2) is 12.1 Å². The van der Waals surface area contributed by atoms with Crippen molar-refractivity contribution in [3.05, 3.63) is 23.4 Å². The average molecular weight is 289 g/mol. The van der Waals surface area contributed by atoms with Crippen molar-refractivity contribution < 1.29 is 13.2 Å². The van der Waals surface area contributed by atoms with Gasteiger partial charge in [0.2, 0.25) is 0 Å². The van der Waals surface area contributed by atoms with E-state index >= 15 is 0 Å². The molecule has 6 heteroatoms. The maximum Gasteiger partial charge on any atom is 0.405 e. The first kappa shape index (κ1) is 16.8. The van der Waals surface area contributed by atoms with Crippen molar-refractivity contribution in [2.24, 2.45) is 0 Å². The predicted molar refractivity (Wildman–Crippen MR) is 75.0 cm³/mol. The molecule has 1 rings (SSSR count). The van der Waals surface area contributed by atoms with Gasteiger partial charge in [-0.15, -0.1) is 0 Å². The summed E-state index contributed by atoms with van der Waals surface area (Å²) in [6.07, 6.45) is -4.23. The monoisotopic (exact) mass is 289 g/mol. The minimum Gasteiger partial charge on any atom is -0.348 e. The summed E-state index contributed by atoms with van der Waals surface area (Å²) in [5.41, 5.74) is 1.76. The minimum absolute atomic E-state index is 0.176. The van der Waals surface area contributed by atoms with Gasteiger partial charge in [0.25, 0.3) is 0 Å². The van der Waals surface area contributed by atoms with Crippen LogP contribution in [0, 0.1) is 0 Å². The van der Waals surface area contributed by atoms with E-state index in [1.807, 2.05) is 27.0 Å². The van der Waals surface area contributed by atoms with Crippen LogP contribution in [0.25, 0.3) is 0 Å². The molecule has 0 aliphatic heterocycles. The summed E-state index contributed by atoms with van der Waals surface area (Å²) in [5.74, 6) is 0.566. The van der Waals surface area contributed by atoms with Crippen molar-refractivity contribution in [1.82, 2.24) is 10.3 Å². The van der Waals surface area contributed by atoms with Gasteiger partial charge in [-0.3, -0.25) is 0 Å². The number of aromatic nitrogens is 1. The average Bonchev–Trinajstić information content (AvgIpc) is 2.34. The van der Waals surface area contributed by atoms with Gasteiger partial charge >= 0.3 is 6.18 Å². The van der Waals surface area contributed by atoms with E-state index in [1.165, 1.54) is 4.90 Å². The van der Waals surface area contributed by atoms with Gasteiger partial charge < -0.3 is 10.2 Å². The maximum absolute atomic E-state index is 12.6. The highest BCUT2D eigenvalue weighted by atomic mass is 19.4. The lowest BCUT2D eigenvalue weighted by Gasteiger charge is -2.25. The molecular formula is C14H22F3N3. The zero-order valence-corrected chi connectivity index (χ0v) is 12.4. The number of nitrogens with one attached hydrogen (secondary N) is 1. The highest BCUT2D eigenvalue weighted by Crippen LogP contribution is 2.24. The Morgan fingerprint density at radius 1 is 1.30 bits per heavy atom. The molecular weight excluding hydrogens is 267 g/mol. The fraction of sp³-hybridized carbons (Fsp3) is 0.643. The quantitative estimate of drug-likeness (QED) is 0.871. The molecule has 0 saturated heterocycles. The van der Waals surface area contributed by atoms with E-state index in [0.717, 1.165) is 11.3 Å². The van der Waals surface area contributed by atoms with Crippen molar-refractivity contribution in [3.63, 3.8) is 0 Å². The standard InChI is InChI=1S/C14H22F3N3/c1-5-20(9-14(15,16)17)13-7-11(8-18-4)6-12(19-13)10(2)3/h6-7,10,18H,5,8-9H2,1-4H3. The van der Waals surface area contributed by atoms with Crippen LogP contribution in [0.5, 0.6) is 0 Å². The van der Waals surface area contributed by atoms with E-state index < -0.39 is 12.7 Å². The van der Waals surface area contributed by atoms with Crippen LogP contribution in [0.2, 0.25) is 0 Å². The first-order chi connectivity index (χ1) is 9.26. The molecule has 1 heterocycles. The van der Waals surface area contributed by atoms with Gasteiger partial charge in [0, 0.05) is 18.8 Å². The molecule has 0 atom stereocenters. The molecule has 1 aromatic rings. The summed E-state index contributed by atoms with van der Waals surface area (Å²) < 4.78 is 37.8. The molecule has 0 radical (unpaired) electrons. The lowest BCUT2D eigenvalue weighted by molar-refractivity contribution is -0.119. The molecule has 0 amide bonds. The fourth-order valence-corrected chi connectivity index (χ4v) is 1.93. The fourth-order valence-electron chi connectivity index (χ4n) is 1.93. The highest BCUT2D eigenvalue weighted by Gasteiger charge is 2.31. The number of rotatable bonds is 6. The molecule has 0 aliphatic rings. The summed E-state index contributed by atoms with van der Waals surface area (Å²) in [4.78, 5) is 5.62. The second-order valence-corrected chi connectivity index (χ2v) is 5.07. The van der Waals surface area contributed by atoms with Crippen LogP contribution in [-0.4, -0.2) is 31.3 Å². The number of nitrogens with zero attached hydrogens (tertiary/aromatic N) is 2. The van der Waals surface area contributed by atoms with Crippen LogP contribution in [0.4, 0.5) is 19.0 Å². The van der Waals surface area contributed by atoms with Gasteiger partial charge in [0.05, 0.1) is 0 Å². The van der Waals surface area contributed by atoms with Crippen LogP contribution < -0.4 is 10.2 Å². The molecule has 1 aromatic heterocycles. The van der Waals surface area contributed by atoms with E-state index in [2.05, 4.69) is 10.3 Å². The number of hydrogen-bond donors (Lipinski definition) is 1. The third kappa shape index (κ3) is 5.00. The van der Waals surface area contributed by atoms with E-state index in [9.17, 15) is 13.2 Å². The van der Waals surface area contributed by atoms with Crippen LogP contribution >= 0.6 is 0 Å². The third-order valence-corrected chi connectivity index (χ3v) is 2.94. The largest absolute Gasteiger partial charge is 0.405 e. The summed E-state index contributed by atoms with van der Waals surface area (Å²) in [5, 5.41) is 3.01. The molecule has 0 aromatic carbocycles. The predicted octanol–water partition coefficient (Wildman–Crippen LogP) is 3.31. The number of halogens is 3. The van der Waals surface area contributed by atoms with Crippen molar-refractivity contribution >= 4 is 5.82 Å². The molecule has 0 bridgehead atoms. The lowest BCUT2D eigenvalue weighted by Crippen LogP contribution is -2.35. The minimum atomic E-state index is -4.23. The van der Waals surface area contributed by atoms with E-state index in [0.29, 0.717) is 12.4 Å². The van der Waals surface area contributed by atoms with E-state index in [4.69, 9.17) is 0 Å². The Balaban J connectivity index is 3.13. The molecule has 1 N–H and O–H groups in total. The van der Waals surface area contributed by atoms with Gasteiger partial charge in [0.15, 0.2) is 0 Å². The lowest BCUT2D eigenvalue weighted by atomic mass is 10.1. The van der Waals surface area contributed by atoms with Crippen LogP contribution in [-0.2, 0) is 6.54 Å². The van der Waals surface area contributed by atoms with Gasteiger partial charge in [-0.2, -0.15) is 13.2 Å². The van der Waals surface area contributed by atoms with Crippen molar-refractivity contribution in [2.75, 3.05) is 25.0 Å². The topological polar surface area (TPSA) is 28.2 Å². The SMILES string of the molecule is CCN(CC(F)(F)F)c1cc(CNC)cc(C(C)C)n1. The van der Waals surface area contributed by atoms with Gasteiger partial charge in [0.1, 0.15) is 12.4 Å². The van der Waals surface area contributed by atoms with Crippen LogP contribution in [0.3, 0.4) is 0 Å². The Kier molecular flexibility index (Phi) is 5.80. The zero-order valence-electron chi connectivity index (χ0n) is 12.4. The van der Waals surface area contributed by atoms with Gasteiger partial charge in [-0.1, -0.05) is 13.8 Å². The Morgan fingerprint density at radius 2 is 1.95 bits per heavy atom. The third-order valence-electron chi connectivity index (χ3n) is 2.94. The maximum atomic E-state index is 12.6. The summed E-state index contributed by atoms with van der Waals surface area (Å²) in [6, 6.07) is 3.66. The Morgan fingerprint density at radius 3 is 2.40 bits per heavy atom. The molecule has 0 unspecified atom stereocenters. The van der Waals surface area contributed by atoms with Gasteiger partial charge in [-0.25, -0.2) is 4.98 Å². The molecule has 0 spiro atoms. The van der Waals surface area contributed by atoms with E-state index in [1.54, 1.807) is 13.0 Å². The summed E-state index contributed by atoms with van der Waals surface area (Å²) in [6.45, 7) is 5.57. The Hall–Kier alpha value is -1.30. The number of hydrogen-bond acceptors (Lipinski definition) is 3. The summed E-state index contributed by atoms with van der Waals surface area (Å²) >= 11 is 0. The molecule has 0 fully saturated rings. The second kappa shape index (κ2) is 6.92. The number of pyridine rings is 1. The molecule has 0 saturated carbocycles. The number of anilines is 1. The Bertz CT molecular complexity index is 430. The van der Waals surface area contributed by atoms with Gasteiger partial charge in [-0.05, 0) is 37.6 Å². The first-order valence-corrected chi connectivity index (χ1v) is 6.74. The molecule has 0 aliphatic carbocycles. The van der Waals surface area contributed by atoms with Crippen molar-refractivity contribution in [1.29, 1.82) is 0 Å². The molecule has 3 nitrogen and oxygen atoms in total. The molecule has 114 valence electrons. The highest BCUT2D eigenvalue weighted by molar-refractivity contribution is 5.43.